The Morgan fingerprint density at radius 3 is 2.86 bits per heavy atom. The summed E-state index contributed by atoms with van der Waals surface area (Å²) in [5.41, 5.74) is 8.97. The molecule has 3 heteroatoms. The summed E-state index contributed by atoms with van der Waals surface area (Å²) < 4.78 is 1.92. The normalized spacial score (nSPS) is 19.4. The highest BCUT2D eigenvalue weighted by Crippen LogP contribution is 2.36. The zero-order valence-corrected chi connectivity index (χ0v) is 9.30. The number of aromatic nitrogens is 2. The summed E-state index contributed by atoms with van der Waals surface area (Å²) in [6, 6.07) is 0. The summed E-state index contributed by atoms with van der Waals surface area (Å²) in [5, 5.41) is 4.53. The van der Waals surface area contributed by atoms with E-state index in [1.54, 1.807) is 0 Å². The smallest absolute Gasteiger partial charge is 0.125 e. The maximum Gasteiger partial charge on any atom is 0.125 e. The molecule has 0 spiro atoms. The van der Waals surface area contributed by atoms with Crippen LogP contribution in [0.3, 0.4) is 0 Å². The Bertz CT molecular complexity index is 350. The van der Waals surface area contributed by atoms with E-state index in [0.717, 1.165) is 25.2 Å². The molecule has 2 rings (SSSR count). The largest absolute Gasteiger partial charge is 0.384 e. The average molecular weight is 193 g/mol. The van der Waals surface area contributed by atoms with E-state index >= 15 is 0 Å². The van der Waals surface area contributed by atoms with Crippen LogP contribution in [0, 0.1) is 5.41 Å². The number of fused-ring (bicyclic) bond motifs is 1. The molecule has 1 aliphatic carbocycles. The van der Waals surface area contributed by atoms with Crippen molar-refractivity contribution in [2.24, 2.45) is 5.41 Å². The molecule has 2 N–H and O–H groups in total. The highest BCUT2D eigenvalue weighted by molar-refractivity contribution is 5.45. The van der Waals surface area contributed by atoms with E-state index in [2.05, 4.69) is 25.9 Å². The molecule has 0 aliphatic heterocycles. The summed E-state index contributed by atoms with van der Waals surface area (Å²) >= 11 is 0. The van der Waals surface area contributed by atoms with Gasteiger partial charge in [-0.1, -0.05) is 13.8 Å². The number of aryl methyl sites for hydroxylation is 2. The molecule has 14 heavy (non-hydrogen) atoms. The predicted molar refractivity (Wildman–Crippen MR) is 58.1 cm³/mol. The standard InChI is InChI=1S/C11H19N3/c1-4-14-10(12)8-7-11(2,3)6-5-9(8)13-14/h4-7,12H2,1-3H3. The van der Waals surface area contributed by atoms with Crippen LogP contribution in [-0.4, -0.2) is 9.78 Å². The molecule has 1 aromatic heterocycles. The molecule has 0 saturated heterocycles. The van der Waals surface area contributed by atoms with E-state index in [-0.39, 0.29) is 0 Å². The van der Waals surface area contributed by atoms with Gasteiger partial charge in [-0.2, -0.15) is 5.10 Å². The molecule has 1 aliphatic rings. The van der Waals surface area contributed by atoms with E-state index in [0.29, 0.717) is 5.41 Å². The van der Waals surface area contributed by atoms with Gasteiger partial charge in [0.2, 0.25) is 0 Å². The summed E-state index contributed by atoms with van der Waals surface area (Å²) in [4.78, 5) is 0. The Labute approximate surface area is 85.3 Å². The van der Waals surface area contributed by atoms with Gasteiger partial charge in [-0.15, -0.1) is 0 Å². The molecule has 3 nitrogen and oxygen atoms in total. The third-order valence-corrected chi connectivity index (χ3v) is 3.17. The zero-order valence-electron chi connectivity index (χ0n) is 9.30. The second-order valence-corrected chi connectivity index (χ2v) is 4.97. The second-order valence-electron chi connectivity index (χ2n) is 4.97. The molecule has 0 amide bonds. The van der Waals surface area contributed by atoms with Crippen LogP contribution in [0.4, 0.5) is 5.82 Å². The Balaban J connectivity index is 2.41. The van der Waals surface area contributed by atoms with E-state index in [4.69, 9.17) is 5.73 Å². The molecule has 1 aromatic rings. The van der Waals surface area contributed by atoms with Gasteiger partial charge in [0, 0.05) is 12.1 Å². The van der Waals surface area contributed by atoms with Crippen LogP contribution in [0.1, 0.15) is 38.4 Å². The van der Waals surface area contributed by atoms with Crippen molar-refractivity contribution in [3.05, 3.63) is 11.3 Å². The third-order valence-electron chi connectivity index (χ3n) is 3.17. The molecule has 0 saturated carbocycles. The van der Waals surface area contributed by atoms with Gasteiger partial charge in [-0.3, -0.25) is 0 Å². The van der Waals surface area contributed by atoms with E-state index in [1.807, 2.05) is 4.68 Å². The van der Waals surface area contributed by atoms with Crippen LogP contribution in [0.2, 0.25) is 0 Å². The van der Waals surface area contributed by atoms with Gasteiger partial charge in [0.25, 0.3) is 0 Å². The van der Waals surface area contributed by atoms with Crippen LogP contribution >= 0.6 is 0 Å². The van der Waals surface area contributed by atoms with E-state index in [9.17, 15) is 0 Å². The topological polar surface area (TPSA) is 43.8 Å². The molecule has 1 heterocycles. The lowest BCUT2D eigenvalue weighted by atomic mass is 9.76. The molecule has 78 valence electrons. The number of nitrogens with zero attached hydrogens (tertiary/aromatic N) is 2. The fourth-order valence-corrected chi connectivity index (χ4v) is 2.22. The summed E-state index contributed by atoms with van der Waals surface area (Å²) in [7, 11) is 0. The first-order chi connectivity index (χ1) is 6.53. The highest BCUT2D eigenvalue weighted by Gasteiger charge is 2.29. The van der Waals surface area contributed by atoms with Gasteiger partial charge in [-0.25, -0.2) is 4.68 Å². The lowest BCUT2D eigenvalue weighted by Crippen LogP contribution is -2.22. The number of anilines is 1. The maximum atomic E-state index is 6.06. The molecule has 0 atom stereocenters. The SMILES string of the molecule is CCn1nc2c(c1N)CC(C)(C)CC2. The fraction of sp³-hybridized carbons (Fsp3) is 0.727. The van der Waals surface area contributed by atoms with Crippen LogP contribution in [0.25, 0.3) is 0 Å². The molecule has 0 unspecified atom stereocenters. The fourth-order valence-electron chi connectivity index (χ4n) is 2.22. The lowest BCUT2D eigenvalue weighted by molar-refractivity contribution is 0.314. The van der Waals surface area contributed by atoms with Gasteiger partial charge in [0.05, 0.1) is 5.69 Å². The average Bonchev–Trinajstić information content (AvgIpc) is 2.42. The summed E-state index contributed by atoms with van der Waals surface area (Å²) in [6.45, 7) is 7.57. The van der Waals surface area contributed by atoms with Crippen molar-refractivity contribution in [1.82, 2.24) is 9.78 Å². The van der Waals surface area contributed by atoms with E-state index in [1.165, 1.54) is 17.7 Å². The summed E-state index contributed by atoms with van der Waals surface area (Å²) in [5.74, 6) is 0.885. The quantitative estimate of drug-likeness (QED) is 0.741. The van der Waals surface area contributed by atoms with Crippen molar-refractivity contribution in [3.8, 4) is 0 Å². The zero-order chi connectivity index (χ0) is 10.3. The number of rotatable bonds is 1. The van der Waals surface area contributed by atoms with Gasteiger partial charge >= 0.3 is 0 Å². The monoisotopic (exact) mass is 193 g/mol. The number of hydrogen-bond donors (Lipinski definition) is 1. The number of nitrogen functional groups attached to an aromatic ring is 1. The second kappa shape index (κ2) is 3.01. The van der Waals surface area contributed by atoms with Crippen molar-refractivity contribution >= 4 is 5.82 Å². The number of hydrogen-bond acceptors (Lipinski definition) is 2. The molecule has 0 radical (unpaired) electrons. The van der Waals surface area contributed by atoms with Crippen molar-refractivity contribution in [2.45, 2.75) is 46.6 Å². The van der Waals surface area contributed by atoms with Crippen molar-refractivity contribution in [3.63, 3.8) is 0 Å². The van der Waals surface area contributed by atoms with Crippen LogP contribution < -0.4 is 5.73 Å². The predicted octanol–water partition coefficient (Wildman–Crippen LogP) is 2.00. The van der Waals surface area contributed by atoms with Crippen LogP contribution in [0.15, 0.2) is 0 Å². The van der Waals surface area contributed by atoms with E-state index < -0.39 is 0 Å². The minimum Gasteiger partial charge on any atom is -0.384 e. The molecule has 0 fully saturated rings. The van der Waals surface area contributed by atoms with Gasteiger partial charge in [-0.05, 0) is 31.6 Å². The minimum atomic E-state index is 0.392. The van der Waals surface area contributed by atoms with Gasteiger partial charge < -0.3 is 5.73 Å². The minimum absolute atomic E-state index is 0.392. The van der Waals surface area contributed by atoms with Gasteiger partial charge in [0.15, 0.2) is 0 Å². The lowest BCUT2D eigenvalue weighted by Gasteiger charge is -2.28. The van der Waals surface area contributed by atoms with Crippen LogP contribution in [0.5, 0.6) is 0 Å². The van der Waals surface area contributed by atoms with Gasteiger partial charge in [0.1, 0.15) is 5.82 Å². The maximum absolute atomic E-state index is 6.06. The van der Waals surface area contributed by atoms with Crippen molar-refractivity contribution in [1.29, 1.82) is 0 Å². The molecule has 0 bridgehead atoms. The molecular formula is C11H19N3. The number of nitrogens with two attached hydrogens (primary N) is 1. The first-order valence-corrected chi connectivity index (χ1v) is 5.37. The molecule has 0 aromatic carbocycles. The Morgan fingerprint density at radius 2 is 2.21 bits per heavy atom. The first kappa shape index (κ1) is 9.56. The van der Waals surface area contributed by atoms with Crippen LogP contribution in [-0.2, 0) is 19.4 Å². The summed E-state index contributed by atoms with van der Waals surface area (Å²) in [6.07, 6.45) is 3.38. The van der Waals surface area contributed by atoms with Crippen molar-refractivity contribution < 1.29 is 0 Å². The van der Waals surface area contributed by atoms with Crippen molar-refractivity contribution in [2.75, 3.05) is 5.73 Å². The first-order valence-electron chi connectivity index (χ1n) is 5.37. The highest BCUT2D eigenvalue weighted by atomic mass is 15.3. The Kier molecular flexibility index (Phi) is 2.05. The molecular weight excluding hydrogens is 174 g/mol. The Hall–Kier alpha value is -0.990. The third kappa shape index (κ3) is 1.41. The Morgan fingerprint density at radius 1 is 1.50 bits per heavy atom.